The summed E-state index contributed by atoms with van der Waals surface area (Å²) in [5, 5.41) is 4.47. The molecule has 6 heteroatoms. The summed E-state index contributed by atoms with van der Waals surface area (Å²) in [5.74, 6) is 0.746. The third kappa shape index (κ3) is 6.20. The van der Waals surface area contributed by atoms with E-state index in [1.54, 1.807) is 18.4 Å². The van der Waals surface area contributed by atoms with Crippen molar-refractivity contribution in [2.24, 2.45) is 0 Å². The lowest BCUT2D eigenvalue weighted by atomic mass is 10.2. The van der Waals surface area contributed by atoms with Gasteiger partial charge in [0.25, 0.3) is 0 Å². The van der Waals surface area contributed by atoms with E-state index in [4.69, 9.17) is 4.74 Å². The standard InChI is InChI=1S/C15H30N4OS/c1-12(2)19(5)10-8-7-9-16-11-13-14(20-6)17-15(21-13)18(3)4/h12,16H,7-11H2,1-6H3. The van der Waals surface area contributed by atoms with Crippen molar-refractivity contribution < 1.29 is 4.74 Å². The maximum Gasteiger partial charge on any atom is 0.230 e. The van der Waals surface area contributed by atoms with Crippen molar-refractivity contribution in [2.75, 3.05) is 46.2 Å². The summed E-state index contributed by atoms with van der Waals surface area (Å²) in [4.78, 5) is 10.0. The maximum atomic E-state index is 5.34. The van der Waals surface area contributed by atoms with Gasteiger partial charge in [-0.15, -0.1) is 0 Å². The van der Waals surface area contributed by atoms with Gasteiger partial charge in [-0.1, -0.05) is 11.3 Å². The van der Waals surface area contributed by atoms with Crippen LogP contribution < -0.4 is 15.0 Å². The minimum atomic E-state index is 0.629. The molecule has 0 bridgehead atoms. The van der Waals surface area contributed by atoms with E-state index in [0.717, 1.165) is 30.6 Å². The number of hydrogen-bond donors (Lipinski definition) is 1. The Kier molecular flexibility index (Phi) is 8.00. The van der Waals surface area contributed by atoms with Gasteiger partial charge in [0.05, 0.1) is 12.0 Å². The Morgan fingerprint density at radius 1 is 1.24 bits per heavy atom. The predicted octanol–water partition coefficient (Wildman–Crippen LogP) is 2.43. The molecular formula is C15H30N4OS. The van der Waals surface area contributed by atoms with Gasteiger partial charge < -0.3 is 19.9 Å². The Bertz CT molecular complexity index is 406. The number of anilines is 1. The first-order valence-electron chi connectivity index (χ1n) is 7.57. The monoisotopic (exact) mass is 314 g/mol. The fraction of sp³-hybridized carbons (Fsp3) is 0.800. The number of hydrogen-bond acceptors (Lipinski definition) is 6. The Morgan fingerprint density at radius 2 is 1.95 bits per heavy atom. The zero-order valence-corrected chi connectivity index (χ0v) is 15.1. The highest BCUT2D eigenvalue weighted by Crippen LogP contribution is 2.30. The van der Waals surface area contributed by atoms with E-state index < -0.39 is 0 Å². The van der Waals surface area contributed by atoms with Crippen LogP contribution in [-0.2, 0) is 6.54 Å². The summed E-state index contributed by atoms with van der Waals surface area (Å²) in [7, 11) is 7.87. The second-order valence-corrected chi connectivity index (χ2v) is 6.84. The number of nitrogens with one attached hydrogen (secondary N) is 1. The van der Waals surface area contributed by atoms with Gasteiger partial charge in [-0.2, -0.15) is 4.98 Å². The number of unbranched alkanes of at least 4 members (excludes halogenated alkanes) is 1. The largest absolute Gasteiger partial charge is 0.480 e. The first-order chi connectivity index (χ1) is 9.95. The van der Waals surface area contributed by atoms with Crippen molar-refractivity contribution in [3.8, 4) is 5.88 Å². The van der Waals surface area contributed by atoms with E-state index in [1.807, 2.05) is 19.0 Å². The Morgan fingerprint density at radius 3 is 2.52 bits per heavy atom. The highest BCUT2D eigenvalue weighted by atomic mass is 32.1. The van der Waals surface area contributed by atoms with Crippen LogP contribution in [0.5, 0.6) is 5.88 Å². The lowest BCUT2D eigenvalue weighted by Crippen LogP contribution is -2.27. The molecule has 1 aromatic rings. The zero-order chi connectivity index (χ0) is 15.8. The lowest BCUT2D eigenvalue weighted by Gasteiger charge is -2.20. The number of nitrogens with zero attached hydrogens (tertiary/aromatic N) is 3. The van der Waals surface area contributed by atoms with Crippen molar-refractivity contribution in [2.45, 2.75) is 39.3 Å². The molecule has 0 radical (unpaired) electrons. The third-order valence-electron chi connectivity index (χ3n) is 3.51. The molecule has 1 aromatic heterocycles. The molecule has 122 valence electrons. The molecule has 0 atom stereocenters. The summed E-state index contributed by atoms with van der Waals surface area (Å²) in [5.41, 5.74) is 0. The van der Waals surface area contributed by atoms with Gasteiger partial charge in [0.2, 0.25) is 5.88 Å². The Labute approximate surface area is 133 Å². The van der Waals surface area contributed by atoms with Crippen LogP contribution in [0.3, 0.4) is 0 Å². The molecule has 1 heterocycles. The van der Waals surface area contributed by atoms with Crippen molar-refractivity contribution in [1.82, 2.24) is 15.2 Å². The lowest BCUT2D eigenvalue weighted by molar-refractivity contribution is 0.268. The minimum Gasteiger partial charge on any atom is -0.480 e. The van der Waals surface area contributed by atoms with Crippen molar-refractivity contribution >= 4 is 16.5 Å². The average molecular weight is 314 g/mol. The van der Waals surface area contributed by atoms with Gasteiger partial charge in [0.1, 0.15) is 0 Å². The molecule has 0 amide bonds. The van der Waals surface area contributed by atoms with Crippen molar-refractivity contribution in [3.05, 3.63) is 4.88 Å². The summed E-state index contributed by atoms with van der Waals surface area (Å²) < 4.78 is 5.34. The zero-order valence-electron chi connectivity index (χ0n) is 14.3. The van der Waals surface area contributed by atoms with Crippen molar-refractivity contribution in [3.63, 3.8) is 0 Å². The molecular weight excluding hydrogens is 284 g/mol. The summed E-state index contributed by atoms with van der Waals surface area (Å²) in [6.07, 6.45) is 2.42. The van der Waals surface area contributed by atoms with E-state index in [2.05, 4.69) is 36.1 Å². The molecule has 0 aliphatic rings. The molecule has 0 aliphatic heterocycles. The number of ether oxygens (including phenoxy) is 1. The van der Waals surface area contributed by atoms with E-state index in [-0.39, 0.29) is 0 Å². The van der Waals surface area contributed by atoms with Crippen LogP contribution in [0, 0.1) is 0 Å². The minimum absolute atomic E-state index is 0.629. The highest BCUT2D eigenvalue weighted by Gasteiger charge is 2.12. The van der Waals surface area contributed by atoms with Gasteiger partial charge >= 0.3 is 0 Å². The van der Waals surface area contributed by atoms with E-state index in [9.17, 15) is 0 Å². The molecule has 1 rings (SSSR count). The van der Waals surface area contributed by atoms with Gasteiger partial charge in [0, 0.05) is 26.7 Å². The molecule has 0 aliphatic carbocycles. The van der Waals surface area contributed by atoms with E-state index in [1.165, 1.54) is 17.7 Å². The van der Waals surface area contributed by atoms with Crippen LogP contribution >= 0.6 is 11.3 Å². The molecule has 1 N–H and O–H groups in total. The second-order valence-electron chi connectivity index (χ2n) is 5.78. The molecule has 5 nitrogen and oxygen atoms in total. The first-order valence-corrected chi connectivity index (χ1v) is 8.39. The Hall–Kier alpha value is -0.850. The Balaban J connectivity index is 2.26. The first kappa shape index (κ1) is 18.2. The topological polar surface area (TPSA) is 40.6 Å². The van der Waals surface area contributed by atoms with Crippen LogP contribution in [0.2, 0.25) is 0 Å². The van der Waals surface area contributed by atoms with Gasteiger partial charge in [0.15, 0.2) is 5.13 Å². The fourth-order valence-corrected chi connectivity index (χ4v) is 2.78. The van der Waals surface area contributed by atoms with Crippen LogP contribution in [0.4, 0.5) is 5.13 Å². The van der Waals surface area contributed by atoms with Gasteiger partial charge in [-0.05, 0) is 46.8 Å². The molecule has 0 fully saturated rings. The number of rotatable bonds is 10. The predicted molar refractivity (Wildman–Crippen MR) is 91.7 cm³/mol. The third-order valence-corrected chi connectivity index (χ3v) is 4.71. The van der Waals surface area contributed by atoms with Crippen LogP contribution in [-0.4, -0.2) is 57.3 Å². The molecule has 0 saturated heterocycles. The van der Waals surface area contributed by atoms with E-state index in [0.29, 0.717) is 6.04 Å². The average Bonchev–Trinajstić information content (AvgIpc) is 2.85. The van der Waals surface area contributed by atoms with Crippen molar-refractivity contribution in [1.29, 1.82) is 0 Å². The fourth-order valence-electron chi connectivity index (χ4n) is 1.86. The maximum absolute atomic E-state index is 5.34. The number of methoxy groups -OCH3 is 1. The SMILES string of the molecule is COc1nc(N(C)C)sc1CNCCCCN(C)C(C)C. The molecule has 21 heavy (non-hydrogen) atoms. The molecule has 0 saturated carbocycles. The molecule has 0 unspecified atom stereocenters. The summed E-state index contributed by atoms with van der Waals surface area (Å²) in [6, 6.07) is 0.629. The second kappa shape index (κ2) is 9.23. The number of aromatic nitrogens is 1. The smallest absolute Gasteiger partial charge is 0.230 e. The highest BCUT2D eigenvalue weighted by molar-refractivity contribution is 7.15. The molecule has 0 spiro atoms. The summed E-state index contributed by atoms with van der Waals surface area (Å²) in [6.45, 7) is 7.49. The quantitative estimate of drug-likeness (QED) is 0.672. The van der Waals surface area contributed by atoms with Gasteiger partial charge in [-0.3, -0.25) is 0 Å². The van der Waals surface area contributed by atoms with Gasteiger partial charge in [-0.25, -0.2) is 0 Å². The van der Waals surface area contributed by atoms with E-state index >= 15 is 0 Å². The number of thiazole rings is 1. The van der Waals surface area contributed by atoms with Crippen LogP contribution in [0.15, 0.2) is 0 Å². The van der Waals surface area contributed by atoms with Crippen LogP contribution in [0.1, 0.15) is 31.6 Å². The molecule has 0 aromatic carbocycles. The van der Waals surface area contributed by atoms with Crippen LogP contribution in [0.25, 0.3) is 0 Å². The summed E-state index contributed by atoms with van der Waals surface area (Å²) >= 11 is 1.68. The normalized spacial score (nSPS) is 11.4.